The van der Waals surface area contributed by atoms with Crippen LogP contribution in [0.1, 0.15) is 39.5 Å². The molecule has 5 nitrogen and oxygen atoms in total. The van der Waals surface area contributed by atoms with Crippen molar-refractivity contribution in [2.45, 2.75) is 57.7 Å². The van der Waals surface area contributed by atoms with Gasteiger partial charge < -0.3 is 15.0 Å². The Morgan fingerprint density at radius 1 is 1.35 bits per heavy atom. The molecule has 1 saturated carbocycles. The van der Waals surface area contributed by atoms with Crippen LogP contribution in [0.4, 0.5) is 4.79 Å². The first-order chi connectivity index (χ1) is 9.61. The Bertz CT molecular complexity index is 312. The molecule has 0 aromatic carbocycles. The number of nitrogens with zero attached hydrogens (tertiary/aromatic N) is 2. The van der Waals surface area contributed by atoms with E-state index in [9.17, 15) is 4.79 Å². The van der Waals surface area contributed by atoms with Crippen molar-refractivity contribution in [1.29, 1.82) is 0 Å². The van der Waals surface area contributed by atoms with E-state index in [4.69, 9.17) is 4.74 Å². The summed E-state index contributed by atoms with van der Waals surface area (Å²) >= 11 is 0. The average molecular weight is 283 g/mol. The maximum atomic E-state index is 11.6. The van der Waals surface area contributed by atoms with Gasteiger partial charge in [0.1, 0.15) is 0 Å². The van der Waals surface area contributed by atoms with E-state index in [1.54, 1.807) is 0 Å². The van der Waals surface area contributed by atoms with Gasteiger partial charge in [0.15, 0.2) is 0 Å². The van der Waals surface area contributed by atoms with Gasteiger partial charge in [0.25, 0.3) is 0 Å². The Morgan fingerprint density at radius 3 is 2.55 bits per heavy atom. The van der Waals surface area contributed by atoms with E-state index in [0.29, 0.717) is 18.7 Å². The van der Waals surface area contributed by atoms with E-state index >= 15 is 0 Å². The summed E-state index contributed by atoms with van der Waals surface area (Å²) in [5, 5.41) is 3.66. The number of likely N-dealkylation sites (tertiary alicyclic amines) is 1. The van der Waals surface area contributed by atoms with Gasteiger partial charge in [-0.05, 0) is 46.6 Å². The highest BCUT2D eigenvalue weighted by Crippen LogP contribution is 2.26. The SMILES string of the molecule is CCOC(=O)N1CCC(NCC(C)N(C)C2CC2)CC1. The molecule has 1 saturated heterocycles. The van der Waals surface area contributed by atoms with E-state index in [0.717, 1.165) is 38.5 Å². The molecule has 1 atom stereocenters. The minimum absolute atomic E-state index is 0.159. The van der Waals surface area contributed by atoms with Crippen LogP contribution in [-0.4, -0.2) is 67.3 Å². The molecular weight excluding hydrogens is 254 g/mol. The molecule has 0 spiro atoms. The molecule has 2 fully saturated rings. The number of hydrogen-bond donors (Lipinski definition) is 1. The van der Waals surface area contributed by atoms with Crippen LogP contribution in [0.2, 0.25) is 0 Å². The van der Waals surface area contributed by atoms with Gasteiger partial charge >= 0.3 is 6.09 Å². The fourth-order valence-electron chi connectivity index (χ4n) is 2.80. The predicted octanol–water partition coefficient (Wildman–Crippen LogP) is 1.68. The van der Waals surface area contributed by atoms with Crippen molar-refractivity contribution in [3.05, 3.63) is 0 Å². The van der Waals surface area contributed by atoms with E-state index in [-0.39, 0.29) is 6.09 Å². The molecule has 2 aliphatic rings. The van der Waals surface area contributed by atoms with Crippen LogP contribution in [0, 0.1) is 0 Å². The summed E-state index contributed by atoms with van der Waals surface area (Å²) in [7, 11) is 2.23. The third-order valence-electron chi connectivity index (χ3n) is 4.54. The van der Waals surface area contributed by atoms with Crippen molar-refractivity contribution < 1.29 is 9.53 Å². The lowest BCUT2D eigenvalue weighted by Crippen LogP contribution is -2.48. The Morgan fingerprint density at radius 2 is 2.00 bits per heavy atom. The highest BCUT2D eigenvalue weighted by molar-refractivity contribution is 5.67. The first kappa shape index (κ1) is 15.6. The summed E-state index contributed by atoms with van der Waals surface area (Å²) in [6.07, 6.45) is 4.61. The highest BCUT2D eigenvalue weighted by atomic mass is 16.6. The van der Waals surface area contributed by atoms with Crippen molar-refractivity contribution in [2.75, 3.05) is 33.3 Å². The second kappa shape index (κ2) is 7.27. The van der Waals surface area contributed by atoms with Gasteiger partial charge in [-0.3, -0.25) is 4.90 Å². The normalized spacial score (nSPS) is 22.1. The van der Waals surface area contributed by atoms with Crippen LogP contribution in [0.3, 0.4) is 0 Å². The highest BCUT2D eigenvalue weighted by Gasteiger charge is 2.29. The van der Waals surface area contributed by atoms with Crippen LogP contribution >= 0.6 is 0 Å². The van der Waals surface area contributed by atoms with Crippen LogP contribution in [0.5, 0.6) is 0 Å². The molecule has 1 aliphatic heterocycles. The smallest absolute Gasteiger partial charge is 0.409 e. The van der Waals surface area contributed by atoms with E-state index in [2.05, 4.69) is 24.2 Å². The number of piperidine rings is 1. The summed E-state index contributed by atoms with van der Waals surface area (Å²) in [5.74, 6) is 0. The van der Waals surface area contributed by atoms with Crippen molar-refractivity contribution in [3.8, 4) is 0 Å². The molecule has 5 heteroatoms. The largest absolute Gasteiger partial charge is 0.450 e. The average Bonchev–Trinajstić information content (AvgIpc) is 3.29. The minimum atomic E-state index is -0.159. The second-order valence-electron chi connectivity index (χ2n) is 6.11. The standard InChI is InChI=1S/C15H29N3O2/c1-4-20-15(19)18-9-7-13(8-10-18)16-11-12(2)17(3)14-5-6-14/h12-14,16H,4-11H2,1-3H3. The van der Waals surface area contributed by atoms with E-state index in [1.807, 2.05) is 11.8 Å². The maximum absolute atomic E-state index is 11.6. The molecule has 20 heavy (non-hydrogen) atoms. The number of nitrogens with one attached hydrogen (secondary N) is 1. The van der Waals surface area contributed by atoms with Gasteiger partial charge in [0.2, 0.25) is 0 Å². The Labute approximate surface area is 122 Å². The van der Waals surface area contributed by atoms with Gasteiger partial charge in [-0.25, -0.2) is 4.79 Å². The molecule has 1 amide bonds. The summed E-state index contributed by atoms with van der Waals surface area (Å²) in [5.41, 5.74) is 0. The number of likely N-dealkylation sites (N-methyl/N-ethyl adjacent to an activating group) is 1. The van der Waals surface area contributed by atoms with Gasteiger partial charge in [-0.1, -0.05) is 0 Å². The zero-order chi connectivity index (χ0) is 14.5. The summed E-state index contributed by atoms with van der Waals surface area (Å²) < 4.78 is 5.04. The number of ether oxygens (including phenoxy) is 1. The number of rotatable bonds is 6. The topological polar surface area (TPSA) is 44.8 Å². The third kappa shape index (κ3) is 4.35. The summed E-state index contributed by atoms with van der Waals surface area (Å²) in [4.78, 5) is 15.9. The Balaban J connectivity index is 1.62. The third-order valence-corrected chi connectivity index (χ3v) is 4.54. The number of carbonyl (C=O) groups is 1. The summed E-state index contributed by atoms with van der Waals surface area (Å²) in [6, 6.07) is 1.94. The number of amides is 1. The molecular formula is C15H29N3O2. The van der Waals surface area contributed by atoms with Crippen molar-refractivity contribution >= 4 is 6.09 Å². The zero-order valence-electron chi connectivity index (χ0n) is 13.1. The molecule has 0 aromatic rings. The Kier molecular flexibility index (Phi) is 5.66. The molecule has 1 aliphatic carbocycles. The molecule has 1 N–H and O–H groups in total. The number of carbonyl (C=O) groups excluding carboxylic acids is 1. The predicted molar refractivity (Wildman–Crippen MR) is 79.9 cm³/mol. The van der Waals surface area contributed by atoms with Crippen molar-refractivity contribution in [3.63, 3.8) is 0 Å². The lowest BCUT2D eigenvalue weighted by atomic mass is 10.1. The van der Waals surface area contributed by atoms with Gasteiger partial charge in [0.05, 0.1) is 6.61 Å². The molecule has 1 heterocycles. The lowest BCUT2D eigenvalue weighted by molar-refractivity contribution is 0.0943. The van der Waals surface area contributed by atoms with E-state index in [1.165, 1.54) is 12.8 Å². The van der Waals surface area contributed by atoms with Crippen LogP contribution in [0.15, 0.2) is 0 Å². The molecule has 116 valence electrons. The molecule has 1 unspecified atom stereocenters. The second-order valence-corrected chi connectivity index (χ2v) is 6.11. The Hall–Kier alpha value is -0.810. The first-order valence-corrected chi connectivity index (χ1v) is 7.98. The molecule has 0 aromatic heterocycles. The molecule has 2 rings (SSSR count). The molecule has 0 bridgehead atoms. The fraction of sp³-hybridized carbons (Fsp3) is 0.933. The van der Waals surface area contributed by atoms with Crippen LogP contribution in [-0.2, 0) is 4.74 Å². The van der Waals surface area contributed by atoms with Gasteiger partial charge in [-0.2, -0.15) is 0 Å². The van der Waals surface area contributed by atoms with Crippen LogP contribution < -0.4 is 5.32 Å². The van der Waals surface area contributed by atoms with Gasteiger partial charge in [-0.15, -0.1) is 0 Å². The van der Waals surface area contributed by atoms with Crippen molar-refractivity contribution in [2.24, 2.45) is 0 Å². The lowest BCUT2D eigenvalue weighted by Gasteiger charge is -2.33. The maximum Gasteiger partial charge on any atom is 0.409 e. The van der Waals surface area contributed by atoms with E-state index < -0.39 is 0 Å². The quantitative estimate of drug-likeness (QED) is 0.805. The van der Waals surface area contributed by atoms with Crippen molar-refractivity contribution in [1.82, 2.24) is 15.1 Å². The first-order valence-electron chi connectivity index (χ1n) is 7.98. The minimum Gasteiger partial charge on any atom is -0.450 e. The fourth-order valence-corrected chi connectivity index (χ4v) is 2.80. The van der Waals surface area contributed by atoms with Crippen LogP contribution in [0.25, 0.3) is 0 Å². The monoisotopic (exact) mass is 283 g/mol. The number of hydrogen-bond acceptors (Lipinski definition) is 4. The molecule has 0 radical (unpaired) electrons. The van der Waals surface area contributed by atoms with Gasteiger partial charge in [0, 0.05) is 37.8 Å². The summed E-state index contributed by atoms with van der Waals surface area (Å²) in [6.45, 7) is 7.26. The zero-order valence-corrected chi connectivity index (χ0v) is 13.1.